The van der Waals surface area contributed by atoms with Crippen LogP contribution < -0.4 is 10.6 Å². The monoisotopic (exact) mass is 398 g/mol. The maximum Gasteiger partial charge on any atom is 0.279 e. The number of carbonyl (C=O) groups is 1. The van der Waals surface area contributed by atoms with Gasteiger partial charge in [-0.15, -0.1) is 0 Å². The third-order valence-corrected chi connectivity index (χ3v) is 5.87. The second-order valence-corrected chi connectivity index (χ2v) is 8.41. The minimum absolute atomic E-state index is 0.0674. The number of hydrogen-bond acceptors (Lipinski definition) is 3. The summed E-state index contributed by atoms with van der Waals surface area (Å²) < 4.78 is 51.4. The Kier molecular flexibility index (Phi) is 6.63. The van der Waals surface area contributed by atoms with Gasteiger partial charge in [-0.25, -0.2) is 21.5 Å². The first-order chi connectivity index (χ1) is 12.6. The van der Waals surface area contributed by atoms with Crippen LogP contribution in [0.25, 0.3) is 0 Å². The molecule has 6 nitrogen and oxygen atoms in total. The summed E-state index contributed by atoms with van der Waals surface area (Å²) in [4.78, 5) is 12.2. The van der Waals surface area contributed by atoms with Crippen molar-refractivity contribution in [3.8, 4) is 0 Å². The lowest BCUT2D eigenvalue weighted by Crippen LogP contribution is -2.86. The maximum atomic E-state index is 13.3. The first-order valence-electron chi connectivity index (χ1n) is 8.22. The molecule has 2 rings (SSSR count). The van der Waals surface area contributed by atoms with E-state index in [2.05, 4.69) is 5.32 Å². The lowest BCUT2D eigenvalue weighted by atomic mass is 10.1. The molecule has 0 bridgehead atoms. The van der Waals surface area contributed by atoms with Gasteiger partial charge in [0.05, 0.1) is 4.90 Å². The molecule has 2 aromatic carbocycles. The van der Waals surface area contributed by atoms with E-state index in [-0.39, 0.29) is 23.4 Å². The highest BCUT2D eigenvalue weighted by Gasteiger charge is 2.17. The van der Waals surface area contributed by atoms with Crippen LogP contribution in [-0.2, 0) is 14.8 Å². The standard InChI is InChI=1S/C18H21F2N3O3S/c1-12(13-4-9-16(19)17(20)10-13)21-11-18(24)22-14-5-7-15(8-6-14)27(25,26)23(2)3/h4-10,12,21H,11H2,1-3H3,(H,22,24)/p+1/t12-/m1/s1. The van der Waals surface area contributed by atoms with Crippen molar-refractivity contribution in [2.24, 2.45) is 0 Å². The van der Waals surface area contributed by atoms with Crippen LogP contribution in [0.4, 0.5) is 14.5 Å². The quantitative estimate of drug-likeness (QED) is 0.741. The summed E-state index contributed by atoms with van der Waals surface area (Å²) >= 11 is 0. The minimum Gasteiger partial charge on any atom is -0.333 e. The Morgan fingerprint density at radius 1 is 1.11 bits per heavy atom. The van der Waals surface area contributed by atoms with Gasteiger partial charge in [-0.1, -0.05) is 0 Å². The summed E-state index contributed by atoms with van der Waals surface area (Å²) in [5.41, 5.74) is 1.03. The van der Waals surface area contributed by atoms with Crippen LogP contribution in [0.5, 0.6) is 0 Å². The van der Waals surface area contributed by atoms with Gasteiger partial charge in [0, 0.05) is 25.3 Å². The molecule has 27 heavy (non-hydrogen) atoms. The molecular weight excluding hydrogens is 376 g/mol. The Balaban J connectivity index is 1.93. The van der Waals surface area contributed by atoms with Crippen LogP contribution in [0.3, 0.4) is 0 Å². The number of halogens is 2. The fourth-order valence-corrected chi connectivity index (χ4v) is 3.25. The lowest BCUT2D eigenvalue weighted by Gasteiger charge is -2.13. The zero-order chi connectivity index (χ0) is 20.2. The summed E-state index contributed by atoms with van der Waals surface area (Å²) in [6, 6.07) is 9.24. The zero-order valence-corrected chi connectivity index (χ0v) is 16.1. The van der Waals surface area contributed by atoms with E-state index >= 15 is 0 Å². The number of nitrogens with two attached hydrogens (primary N) is 1. The highest BCUT2D eigenvalue weighted by Crippen LogP contribution is 2.16. The lowest BCUT2D eigenvalue weighted by molar-refractivity contribution is -0.682. The molecule has 3 N–H and O–H groups in total. The fraction of sp³-hybridized carbons (Fsp3) is 0.278. The Labute approximate surface area is 157 Å². The second kappa shape index (κ2) is 8.55. The van der Waals surface area contributed by atoms with Crippen molar-refractivity contribution in [1.82, 2.24) is 4.31 Å². The molecule has 9 heteroatoms. The SMILES string of the molecule is C[C@@H]([NH2+]CC(=O)Nc1ccc(S(=O)(=O)N(C)C)cc1)c1ccc(F)c(F)c1. The molecule has 0 aliphatic carbocycles. The van der Waals surface area contributed by atoms with Gasteiger partial charge >= 0.3 is 0 Å². The molecule has 0 saturated heterocycles. The van der Waals surface area contributed by atoms with E-state index in [1.165, 1.54) is 44.4 Å². The number of carbonyl (C=O) groups excluding carboxylic acids is 1. The first kappa shape index (κ1) is 20.9. The molecule has 0 aliphatic rings. The van der Waals surface area contributed by atoms with E-state index < -0.39 is 21.7 Å². The Morgan fingerprint density at radius 2 is 1.74 bits per heavy atom. The average Bonchev–Trinajstić information content (AvgIpc) is 2.62. The van der Waals surface area contributed by atoms with Crippen LogP contribution in [-0.4, -0.2) is 39.3 Å². The van der Waals surface area contributed by atoms with E-state index in [1.807, 2.05) is 0 Å². The van der Waals surface area contributed by atoms with Crippen molar-refractivity contribution >= 4 is 21.6 Å². The highest BCUT2D eigenvalue weighted by atomic mass is 32.2. The normalized spacial score (nSPS) is 12.8. The number of sulfonamides is 1. The molecule has 1 atom stereocenters. The summed E-state index contributed by atoms with van der Waals surface area (Å²) in [6.07, 6.45) is 0. The number of hydrogen-bond donors (Lipinski definition) is 2. The van der Waals surface area contributed by atoms with Crippen molar-refractivity contribution in [2.45, 2.75) is 17.9 Å². The predicted molar refractivity (Wildman–Crippen MR) is 97.5 cm³/mol. The van der Waals surface area contributed by atoms with Crippen LogP contribution in [0.2, 0.25) is 0 Å². The summed E-state index contributed by atoms with van der Waals surface area (Å²) in [5.74, 6) is -2.14. The van der Waals surface area contributed by atoms with E-state index in [1.54, 1.807) is 12.2 Å². The largest absolute Gasteiger partial charge is 0.333 e. The van der Waals surface area contributed by atoms with Crippen LogP contribution >= 0.6 is 0 Å². The molecule has 0 aliphatic heterocycles. The minimum atomic E-state index is -3.52. The van der Waals surface area contributed by atoms with Gasteiger partial charge in [0.15, 0.2) is 18.2 Å². The van der Waals surface area contributed by atoms with E-state index in [9.17, 15) is 22.0 Å². The van der Waals surface area contributed by atoms with Crippen molar-refractivity contribution in [3.05, 3.63) is 59.7 Å². The summed E-state index contributed by atoms with van der Waals surface area (Å²) in [5, 5.41) is 4.35. The van der Waals surface area contributed by atoms with Crippen molar-refractivity contribution in [3.63, 3.8) is 0 Å². The third-order valence-electron chi connectivity index (χ3n) is 4.04. The molecule has 0 unspecified atom stereocenters. The summed E-state index contributed by atoms with van der Waals surface area (Å²) in [6.45, 7) is 1.85. The maximum absolute atomic E-state index is 13.3. The van der Waals surface area contributed by atoms with E-state index in [0.717, 1.165) is 16.4 Å². The number of anilines is 1. The number of benzene rings is 2. The van der Waals surface area contributed by atoms with Crippen molar-refractivity contribution in [1.29, 1.82) is 0 Å². The Bertz CT molecular complexity index is 916. The van der Waals surface area contributed by atoms with Crippen LogP contribution in [0.15, 0.2) is 47.4 Å². The predicted octanol–water partition coefficient (Wildman–Crippen LogP) is 1.48. The number of nitrogens with zero attached hydrogens (tertiary/aromatic N) is 1. The fourth-order valence-electron chi connectivity index (χ4n) is 2.35. The van der Waals surface area contributed by atoms with Gasteiger partial charge in [0.2, 0.25) is 10.0 Å². The van der Waals surface area contributed by atoms with Crippen LogP contribution in [0, 0.1) is 11.6 Å². The number of nitrogens with one attached hydrogen (secondary N) is 1. The van der Waals surface area contributed by atoms with E-state index in [4.69, 9.17) is 0 Å². The van der Waals surface area contributed by atoms with Gasteiger partial charge in [-0.2, -0.15) is 0 Å². The van der Waals surface area contributed by atoms with Gasteiger partial charge in [0.25, 0.3) is 5.91 Å². The zero-order valence-electron chi connectivity index (χ0n) is 15.2. The molecule has 0 saturated carbocycles. The molecule has 0 heterocycles. The number of rotatable bonds is 7. The van der Waals surface area contributed by atoms with Gasteiger partial charge in [-0.3, -0.25) is 4.79 Å². The highest BCUT2D eigenvalue weighted by molar-refractivity contribution is 7.89. The molecule has 1 amide bonds. The van der Waals surface area contributed by atoms with Crippen LogP contribution in [0.1, 0.15) is 18.5 Å². The Hall–Kier alpha value is -2.36. The molecular formula is C18H22F2N3O3S+. The van der Waals surface area contributed by atoms with Gasteiger partial charge in [-0.05, 0) is 49.4 Å². The third kappa shape index (κ3) is 5.31. The Morgan fingerprint density at radius 3 is 2.30 bits per heavy atom. The van der Waals surface area contributed by atoms with Crippen molar-refractivity contribution < 1.29 is 27.3 Å². The molecule has 0 radical (unpaired) electrons. The molecule has 0 aromatic heterocycles. The molecule has 2 aromatic rings. The van der Waals surface area contributed by atoms with E-state index in [0.29, 0.717) is 11.3 Å². The number of quaternary nitrogens is 1. The number of amides is 1. The average molecular weight is 398 g/mol. The molecule has 0 fully saturated rings. The smallest absolute Gasteiger partial charge is 0.279 e. The van der Waals surface area contributed by atoms with Crippen molar-refractivity contribution in [2.75, 3.05) is 26.0 Å². The summed E-state index contributed by atoms with van der Waals surface area (Å²) in [7, 11) is -0.645. The first-order valence-corrected chi connectivity index (χ1v) is 9.66. The second-order valence-electron chi connectivity index (χ2n) is 6.26. The van der Waals surface area contributed by atoms with Gasteiger partial charge < -0.3 is 10.6 Å². The van der Waals surface area contributed by atoms with Gasteiger partial charge in [0.1, 0.15) is 6.04 Å². The molecule has 146 valence electrons. The molecule has 0 spiro atoms. The topological polar surface area (TPSA) is 83.1 Å².